The molecule has 0 spiro atoms. The Hall–Kier alpha value is -0.180. The highest BCUT2D eigenvalue weighted by Crippen LogP contribution is 2.22. The van der Waals surface area contributed by atoms with Gasteiger partial charge in [-0.15, -0.1) is 0 Å². The molecule has 0 aliphatic heterocycles. The molecular weight excluding hydrogens is 172 g/mol. The first-order valence-corrected chi connectivity index (χ1v) is 5.37. The summed E-state index contributed by atoms with van der Waals surface area (Å²) in [5.74, 6) is -0.688. The van der Waals surface area contributed by atoms with E-state index in [0.29, 0.717) is 16.9 Å². The van der Waals surface area contributed by atoms with Crippen LogP contribution in [-0.2, 0) is 4.79 Å². The largest absolute Gasteiger partial charge is 0.481 e. The molecule has 0 aromatic carbocycles. The van der Waals surface area contributed by atoms with E-state index in [2.05, 4.69) is 20.8 Å². The van der Waals surface area contributed by atoms with Crippen molar-refractivity contribution < 1.29 is 9.90 Å². The van der Waals surface area contributed by atoms with Crippen molar-refractivity contribution in [2.75, 3.05) is 0 Å². The lowest BCUT2D eigenvalue weighted by Crippen LogP contribution is -2.06. The third kappa shape index (κ3) is 6.53. The maximum atomic E-state index is 10.2. The summed E-state index contributed by atoms with van der Waals surface area (Å²) >= 11 is 1.88. The van der Waals surface area contributed by atoms with E-state index in [-0.39, 0.29) is 0 Å². The van der Waals surface area contributed by atoms with E-state index >= 15 is 0 Å². The summed E-state index contributed by atoms with van der Waals surface area (Å²) in [6.45, 7) is 6.43. The SMILES string of the molecule is CCC(C)SC(C)CCC(=O)O. The van der Waals surface area contributed by atoms with Gasteiger partial charge < -0.3 is 5.11 Å². The maximum Gasteiger partial charge on any atom is 0.303 e. The molecule has 2 atom stereocenters. The van der Waals surface area contributed by atoms with Crippen LogP contribution in [0.1, 0.15) is 40.0 Å². The van der Waals surface area contributed by atoms with Crippen LogP contribution in [0.15, 0.2) is 0 Å². The first-order valence-electron chi connectivity index (χ1n) is 4.43. The van der Waals surface area contributed by atoms with Crippen molar-refractivity contribution in [3.05, 3.63) is 0 Å². The Morgan fingerprint density at radius 1 is 1.42 bits per heavy atom. The predicted molar refractivity (Wildman–Crippen MR) is 53.7 cm³/mol. The Morgan fingerprint density at radius 2 is 2.00 bits per heavy atom. The summed E-state index contributed by atoms with van der Waals surface area (Å²) in [4.78, 5) is 10.2. The molecule has 1 N–H and O–H groups in total. The van der Waals surface area contributed by atoms with Crippen LogP contribution in [0.2, 0.25) is 0 Å². The van der Waals surface area contributed by atoms with Gasteiger partial charge in [-0.3, -0.25) is 4.79 Å². The third-order valence-electron chi connectivity index (χ3n) is 1.80. The van der Waals surface area contributed by atoms with Gasteiger partial charge in [0.15, 0.2) is 0 Å². The van der Waals surface area contributed by atoms with Crippen LogP contribution in [0.25, 0.3) is 0 Å². The van der Waals surface area contributed by atoms with E-state index in [0.717, 1.165) is 12.8 Å². The van der Waals surface area contributed by atoms with Crippen LogP contribution in [0.3, 0.4) is 0 Å². The Labute approximate surface area is 78.7 Å². The highest BCUT2D eigenvalue weighted by Gasteiger charge is 2.08. The number of carboxylic acid groups (broad SMARTS) is 1. The average Bonchev–Trinajstić information content (AvgIpc) is 2.00. The highest BCUT2D eigenvalue weighted by atomic mass is 32.2. The van der Waals surface area contributed by atoms with E-state index in [4.69, 9.17) is 5.11 Å². The summed E-state index contributed by atoms with van der Waals surface area (Å²) in [5.41, 5.74) is 0. The lowest BCUT2D eigenvalue weighted by atomic mass is 10.2. The van der Waals surface area contributed by atoms with Gasteiger partial charge >= 0.3 is 5.97 Å². The molecule has 0 aromatic heterocycles. The van der Waals surface area contributed by atoms with Gasteiger partial charge in [0.2, 0.25) is 0 Å². The van der Waals surface area contributed by atoms with Crippen LogP contribution in [0.4, 0.5) is 0 Å². The van der Waals surface area contributed by atoms with Crippen molar-refractivity contribution in [3.8, 4) is 0 Å². The number of aliphatic carboxylic acids is 1. The van der Waals surface area contributed by atoms with Gasteiger partial charge in [0.1, 0.15) is 0 Å². The first-order chi connectivity index (χ1) is 5.56. The van der Waals surface area contributed by atoms with E-state index in [1.165, 1.54) is 0 Å². The second kappa shape index (κ2) is 6.35. The van der Waals surface area contributed by atoms with Crippen molar-refractivity contribution in [3.63, 3.8) is 0 Å². The Balaban J connectivity index is 3.45. The van der Waals surface area contributed by atoms with Crippen LogP contribution < -0.4 is 0 Å². The summed E-state index contributed by atoms with van der Waals surface area (Å²) in [7, 11) is 0. The predicted octanol–water partition coefficient (Wildman–Crippen LogP) is 2.77. The smallest absolute Gasteiger partial charge is 0.303 e. The summed E-state index contributed by atoms with van der Waals surface area (Å²) in [6, 6.07) is 0. The fourth-order valence-electron chi connectivity index (χ4n) is 0.888. The minimum absolute atomic E-state index is 0.296. The van der Waals surface area contributed by atoms with Crippen molar-refractivity contribution in [1.29, 1.82) is 0 Å². The fraction of sp³-hybridized carbons (Fsp3) is 0.889. The molecule has 72 valence electrons. The second-order valence-electron chi connectivity index (χ2n) is 3.10. The van der Waals surface area contributed by atoms with Gasteiger partial charge in [-0.1, -0.05) is 20.8 Å². The van der Waals surface area contributed by atoms with Gasteiger partial charge in [-0.05, 0) is 12.8 Å². The number of thioether (sulfide) groups is 1. The normalized spacial score (nSPS) is 15.6. The zero-order valence-electron chi connectivity index (χ0n) is 8.04. The number of rotatable bonds is 6. The van der Waals surface area contributed by atoms with Crippen LogP contribution in [-0.4, -0.2) is 21.6 Å². The topological polar surface area (TPSA) is 37.3 Å². The molecule has 0 fully saturated rings. The van der Waals surface area contributed by atoms with Gasteiger partial charge in [0, 0.05) is 16.9 Å². The number of carbonyl (C=O) groups is 1. The third-order valence-corrected chi connectivity index (χ3v) is 3.30. The number of hydrogen-bond acceptors (Lipinski definition) is 2. The average molecular weight is 190 g/mol. The van der Waals surface area contributed by atoms with Crippen molar-refractivity contribution in [2.24, 2.45) is 0 Å². The lowest BCUT2D eigenvalue weighted by molar-refractivity contribution is -0.137. The minimum atomic E-state index is -0.688. The summed E-state index contributed by atoms with van der Waals surface area (Å²) in [6.07, 6.45) is 2.23. The number of carboxylic acids is 1. The van der Waals surface area contributed by atoms with E-state index in [1.54, 1.807) is 0 Å². The molecule has 0 rings (SSSR count). The molecular formula is C9H18O2S. The maximum absolute atomic E-state index is 10.2. The number of hydrogen-bond donors (Lipinski definition) is 1. The molecule has 0 aliphatic carbocycles. The molecule has 2 unspecified atom stereocenters. The molecule has 2 nitrogen and oxygen atoms in total. The molecule has 0 amide bonds. The molecule has 12 heavy (non-hydrogen) atoms. The van der Waals surface area contributed by atoms with Gasteiger partial charge in [0.25, 0.3) is 0 Å². The zero-order chi connectivity index (χ0) is 9.56. The standard InChI is InChI=1S/C9H18O2S/c1-4-7(2)12-8(3)5-6-9(10)11/h7-8H,4-6H2,1-3H3,(H,10,11). The van der Waals surface area contributed by atoms with Gasteiger partial charge in [-0.25, -0.2) is 0 Å². The van der Waals surface area contributed by atoms with Gasteiger partial charge in [0.05, 0.1) is 0 Å². The molecule has 0 saturated carbocycles. The quantitative estimate of drug-likeness (QED) is 0.699. The van der Waals surface area contributed by atoms with Crippen molar-refractivity contribution in [2.45, 2.75) is 50.5 Å². The fourth-order valence-corrected chi connectivity index (χ4v) is 2.13. The summed E-state index contributed by atoms with van der Waals surface area (Å²) in [5, 5.41) is 9.56. The van der Waals surface area contributed by atoms with Crippen molar-refractivity contribution in [1.82, 2.24) is 0 Å². The molecule has 0 bridgehead atoms. The molecule has 0 radical (unpaired) electrons. The van der Waals surface area contributed by atoms with Crippen LogP contribution >= 0.6 is 11.8 Å². The van der Waals surface area contributed by atoms with E-state index in [9.17, 15) is 4.79 Å². The van der Waals surface area contributed by atoms with Crippen LogP contribution in [0, 0.1) is 0 Å². The van der Waals surface area contributed by atoms with E-state index < -0.39 is 5.97 Å². The lowest BCUT2D eigenvalue weighted by Gasteiger charge is -2.14. The summed E-state index contributed by atoms with van der Waals surface area (Å²) < 4.78 is 0. The Bertz CT molecular complexity index is 136. The first kappa shape index (κ1) is 11.8. The molecule has 0 heterocycles. The highest BCUT2D eigenvalue weighted by molar-refractivity contribution is 8.00. The molecule has 0 aromatic rings. The molecule has 3 heteroatoms. The zero-order valence-corrected chi connectivity index (χ0v) is 8.86. The van der Waals surface area contributed by atoms with Crippen molar-refractivity contribution >= 4 is 17.7 Å². The second-order valence-corrected chi connectivity index (χ2v) is 4.98. The van der Waals surface area contributed by atoms with E-state index in [1.807, 2.05) is 11.8 Å². The monoisotopic (exact) mass is 190 g/mol. The Morgan fingerprint density at radius 3 is 2.42 bits per heavy atom. The minimum Gasteiger partial charge on any atom is -0.481 e. The molecule has 0 saturated heterocycles. The van der Waals surface area contributed by atoms with Crippen LogP contribution in [0.5, 0.6) is 0 Å². The Kier molecular flexibility index (Phi) is 6.25. The van der Waals surface area contributed by atoms with Gasteiger partial charge in [-0.2, -0.15) is 11.8 Å². The molecule has 0 aliphatic rings.